The average Bonchev–Trinajstić information content (AvgIpc) is 2.06. The minimum absolute atomic E-state index is 1.21. The van der Waals surface area contributed by atoms with Crippen LogP contribution in [0.15, 0.2) is 50.6 Å². The van der Waals surface area contributed by atoms with Crippen LogP contribution in [0.5, 0.6) is 0 Å². The molecule has 0 aliphatic carbocycles. The third-order valence-corrected chi connectivity index (χ3v) is 15.5. The van der Waals surface area contributed by atoms with E-state index < -0.39 is 18.4 Å². The van der Waals surface area contributed by atoms with E-state index in [0.717, 1.165) is 0 Å². The standard InChI is InChI=1S/4C3H5.Sn/c4*1-3-2;/h4*3H,1-2H2;. The maximum absolute atomic E-state index is 3.84. The topological polar surface area (TPSA) is 0 Å². The number of rotatable bonds is 8. The summed E-state index contributed by atoms with van der Waals surface area (Å²) in [6, 6.07) is 0. The molecule has 0 nitrogen and oxygen atoms in total. The summed E-state index contributed by atoms with van der Waals surface area (Å²) in [5, 5.41) is 0. The summed E-state index contributed by atoms with van der Waals surface area (Å²) in [5.41, 5.74) is 0. The Labute approximate surface area is 86.6 Å². The van der Waals surface area contributed by atoms with Gasteiger partial charge in [0.1, 0.15) is 0 Å². The Morgan fingerprint density at radius 1 is 0.615 bits per heavy atom. The fourth-order valence-corrected chi connectivity index (χ4v) is 11.6. The van der Waals surface area contributed by atoms with Crippen molar-refractivity contribution in [1.82, 2.24) is 0 Å². The maximum atomic E-state index is 3.84. The minimum atomic E-state index is -2.03. The Morgan fingerprint density at radius 2 is 0.846 bits per heavy atom. The van der Waals surface area contributed by atoms with Crippen molar-refractivity contribution in [3.05, 3.63) is 50.6 Å². The van der Waals surface area contributed by atoms with Crippen molar-refractivity contribution < 1.29 is 0 Å². The Hall–Kier alpha value is -0.241. The van der Waals surface area contributed by atoms with Crippen LogP contribution < -0.4 is 0 Å². The van der Waals surface area contributed by atoms with E-state index >= 15 is 0 Å². The van der Waals surface area contributed by atoms with Crippen LogP contribution in [0.2, 0.25) is 17.7 Å². The molecule has 0 atom stereocenters. The first-order chi connectivity index (χ1) is 6.24. The molecule has 0 radical (unpaired) electrons. The van der Waals surface area contributed by atoms with Crippen LogP contribution in [0.1, 0.15) is 0 Å². The van der Waals surface area contributed by atoms with Crippen LogP contribution in [0, 0.1) is 0 Å². The predicted octanol–water partition coefficient (Wildman–Crippen LogP) is 4.18. The molecular weight excluding hydrogens is 263 g/mol. The second-order valence-electron chi connectivity index (χ2n) is 3.47. The molecule has 0 aromatic rings. The van der Waals surface area contributed by atoms with E-state index in [0.29, 0.717) is 0 Å². The van der Waals surface area contributed by atoms with Crippen LogP contribution in [0.4, 0.5) is 0 Å². The first kappa shape index (κ1) is 12.8. The SMILES string of the molecule is C=C[CH2][Sn]([CH2]C=C)([CH2]C=C)[CH2]C=C. The molecular formula is C12H20Sn. The summed E-state index contributed by atoms with van der Waals surface area (Å²) in [4.78, 5) is 0. The van der Waals surface area contributed by atoms with Gasteiger partial charge in [-0.15, -0.1) is 0 Å². The zero-order valence-electron chi connectivity index (χ0n) is 8.47. The second-order valence-corrected chi connectivity index (χ2v) is 16.7. The van der Waals surface area contributed by atoms with Crippen molar-refractivity contribution in [2.75, 3.05) is 0 Å². The fraction of sp³-hybridized carbons (Fsp3) is 0.333. The Bertz CT molecular complexity index is 146. The molecule has 0 amide bonds. The molecule has 0 saturated carbocycles. The van der Waals surface area contributed by atoms with Gasteiger partial charge in [0.25, 0.3) is 0 Å². The third kappa shape index (κ3) is 4.51. The summed E-state index contributed by atoms with van der Waals surface area (Å²) < 4.78 is 4.83. The summed E-state index contributed by atoms with van der Waals surface area (Å²) in [7, 11) is 0. The zero-order valence-corrected chi connectivity index (χ0v) is 11.3. The van der Waals surface area contributed by atoms with Crippen molar-refractivity contribution in [3.8, 4) is 0 Å². The molecule has 0 aromatic heterocycles. The Balaban J connectivity index is 4.53. The van der Waals surface area contributed by atoms with Gasteiger partial charge in [-0.05, 0) is 0 Å². The second kappa shape index (κ2) is 7.19. The van der Waals surface area contributed by atoms with Crippen LogP contribution in [0.3, 0.4) is 0 Å². The number of hydrogen-bond acceptors (Lipinski definition) is 0. The zero-order chi connectivity index (χ0) is 10.2. The van der Waals surface area contributed by atoms with E-state index in [4.69, 9.17) is 0 Å². The van der Waals surface area contributed by atoms with E-state index in [1.54, 1.807) is 0 Å². The number of allylic oxidation sites excluding steroid dienone is 4. The van der Waals surface area contributed by atoms with Gasteiger partial charge in [-0.25, -0.2) is 0 Å². The molecule has 0 aromatic carbocycles. The van der Waals surface area contributed by atoms with E-state index in [-0.39, 0.29) is 0 Å². The first-order valence-corrected chi connectivity index (χ1v) is 12.8. The van der Waals surface area contributed by atoms with Gasteiger partial charge < -0.3 is 0 Å². The molecule has 0 aliphatic rings. The van der Waals surface area contributed by atoms with Gasteiger partial charge in [-0.2, -0.15) is 0 Å². The molecule has 1 heteroatoms. The van der Waals surface area contributed by atoms with Crippen molar-refractivity contribution in [1.29, 1.82) is 0 Å². The monoisotopic (exact) mass is 284 g/mol. The molecule has 0 rings (SSSR count). The average molecular weight is 283 g/mol. The summed E-state index contributed by atoms with van der Waals surface area (Å²) in [6.07, 6.45) is 8.25. The Kier molecular flexibility index (Phi) is 7.06. The summed E-state index contributed by atoms with van der Waals surface area (Å²) in [6.45, 7) is 15.4. The van der Waals surface area contributed by atoms with E-state index in [1.165, 1.54) is 17.7 Å². The molecule has 72 valence electrons. The molecule has 0 fully saturated rings. The third-order valence-electron chi connectivity index (χ3n) is 2.31. The molecule has 13 heavy (non-hydrogen) atoms. The van der Waals surface area contributed by atoms with Crippen molar-refractivity contribution in [3.63, 3.8) is 0 Å². The molecule has 0 bridgehead atoms. The van der Waals surface area contributed by atoms with Crippen LogP contribution >= 0.6 is 0 Å². The van der Waals surface area contributed by atoms with Crippen molar-refractivity contribution in [2.45, 2.75) is 17.7 Å². The van der Waals surface area contributed by atoms with E-state index in [2.05, 4.69) is 50.6 Å². The Morgan fingerprint density at radius 3 is 1.00 bits per heavy atom. The summed E-state index contributed by atoms with van der Waals surface area (Å²) in [5.74, 6) is 0. The molecule has 0 spiro atoms. The normalized spacial score (nSPS) is 10.5. The van der Waals surface area contributed by atoms with Gasteiger partial charge in [0.15, 0.2) is 0 Å². The van der Waals surface area contributed by atoms with Crippen LogP contribution in [-0.4, -0.2) is 18.4 Å². The molecule has 0 heterocycles. The van der Waals surface area contributed by atoms with Gasteiger partial charge in [0.05, 0.1) is 0 Å². The van der Waals surface area contributed by atoms with Crippen LogP contribution in [-0.2, 0) is 0 Å². The van der Waals surface area contributed by atoms with Crippen molar-refractivity contribution in [2.24, 2.45) is 0 Å². The van der Waals surface area contributed by atoms with E-state index in [9.17, 15) is 0 Å². The molecule has 0 N–H and O–H groups in total. The van der Waals surface area contributed by atoms with Gasteiger partial charge in [-0.3, -0.25) is 0 Å². The quantitative estimate of drug-likeness (QED) is 0.463. The molecule has 0 saturated heterocycles. The van der Waals surface area contributed by atoms with Gasteiger partial charge in [-0.1, -0.05) is 0 Å². The van der Waals surface area contributed by atoms with Crippen LogP contribution in [0.25, 0.3) is 0 Å². The summed E-state index contributed by atoms with van der Waals surface area (Å²) >= 11 is -2.03. The first-order valence-electron chi connectivity index (χ1n) is 4.68. The van der Waals surface area contributed by atoms with Crippen molar-refractivity contribution >= 4 is 18.4 Å². The fourth-order valence-electron chi connectivity index (χ4n) is 1.72. The molecule has 0 unspecified atom stereocenters. The van der Waals surface area contributed by atoms with Gasteiger partial charge in [0.2, 0.25) is 0 Å². The number of hydrogen-bond donors (Lipinski definition) is 0. The van der Waals surface area contributed by atoms with Gasteiger partial charge >= 0.3 is 86.7 Å². The van der Waals surface area contributed by atoms with E-state index in [1.807, 2.05) is 0 Å². The van der Waals surface area contributed by atoms with Gasteiger partial charge in [0, 0.05) is 0 Å². The molecule has 0 aliphatic heterocycles. The predicted molar refractivity (Wildman–Crippen MR) is 65.8 cm³/mol.